The van der Waals surface area contributed by atoms with Gasteiger partial charge < -0.3 is 5.32 Å². The SMILES string of the molecule is CCC[C@@H]1C[C@H](c2ccccc2)c2ccccc2N1. The number of anilines is 1. The fourth-order valence-electron chi connectivity index (χ4n) is 3.16. The second-order valence-electron chi connectivity index (χ2n) is 5.42. The number of hydrogen-bond acceptors (Lipinski definition) is 1. The maximum atomic E-state index is 3.70. The quantitative estimate of drug-likeness (QED) is 0.826. The third-order valence-electron chi connectivity index (χ3n) is 4.06. The van der Waals surface area contributed by atoms with Crippen molar-refractivity contribution in [2.45, 2.75) is 38.1 Å². The number of hydrogen-bond donors (Lipinski definition) is 1. The molecule has 1 heteroatoms. The minimum absolute atomic E-state index is 0.537. The lowest BCUT2D eigenvalue weighted by atomic mass is 9.81. The van der Waals surface area contributed by atoms with Gasteiger partial charge in [0, 0.05) is 17.6 Å². The van der Waals surface area contributed by atoms with E-state index in [9.17, 15) is 0 Å². The summed E-state index contributed by atoms with van der Waals surface area (Å²) in [5.74, 6) is 0.537. The molecule has 0 radical (unpaired) electrons. The predicted molar refractivity (Wildman–Crippen MR) is 81.7 cm³/mol. The van der Waals surface area contributed by atoms with E-state index in [2.05, 4.69) is 66.8 Å². The summed E-state index contributed by atoms with van der Waals surface area (Å²) in [7, 11) is 0. The topological polar surface area (TPSA) is 12.0 Å². The van der Waals surface area contributed by atoms with Crippen LogP contribution in [0.3, 0.4) is 0 Å². The molecule has 0 amide bonds. The van der Waals surface area contributed by atoms with Gasteiger partial charge in [0.2, 0.25) is 0 Å². The third kappa shape index (κ3) is 2.51. The van der Waals surface area contributed by atoms with Crippen LogP contribution >= 0.6 is 0 Å². The Labute approximate surface area is 115 Å². The molecule has 1 N–H and O–H groups in total. The minimum Gasteiger partial charge on any atom is -0.382 e. The minimum atomic E-state index is 0.537. The van der Waals surface area contributed by atoms with Crippen molar-refractivity contribution in [3.05, 3.63) is 65.7 Å². The van der Waals surface area contributed by atoms with Gasteiger partial charge in [-0.1, -0.05) is 61.9 Å². The highest BCUT2D eigenvalue weighted by molar-refractivity contribution is 5.58. The molecule has 0 fully saturated rings. The summed E-state index contributed by atoms with van der Waals surface area (Å²) in [5, 5.41) is 3.70. The Kier molecular flexibility index (Phi) is 3.54. The van der Waals surface area contributed by atoms with Crippen LogP contribution in [0, 0.1) is 0 Å². The van der Waals surface area contributed by atoms with Crippen LogP contribution in [0.15, 0.2) is 54.6 Å². The van der Waals surface area contributed by atoms with Gasteiger partial charge in [-0.15, -0.1) is 0 Å². The third-order valence-corrected chi connectivity index (χ3v) is 4.06. The smallest absolute Gasteiger partial charge is 0.0381 e. The number of para-hydroxylation sites is 1. The van der Waals surface area contributed by atoms with Crippen LogP contribution in [0.4, 0.5) is 5.69 Å². The summed E-state index contributed by atoms with van der Waals surface area (Å²) in [6.07, 6.45) is 3.69. The second kappa shape index (κ2) is 5.48. The molecule has 1 aliphatic heterocycles. The summed E-state index contributed by atoms with van der Waals surface area (Å²) in [6, 6.07) is 20.3. The molecule has 0 saturated heterocycles. The highest BCUT2D eigenvalue weighted by Gasteiger charge is 2.26. The Morgan fingerprint density at radius 2 is 1.74 bits per heavy atom. The Bertz CT molecular complexity index is 532. The van der Waals surface area contributed by atoms with Crippen LogP contribution in [-0.4, -0.2) is 6.04 Å². The van der Waals surface area contributed by atoms with Crippen molar-refractivity contribution in [2.24, 2.45) is 0 Å². The molecule has 1 heterocycles. The van der Waals surface area contributed by atoms with Crippen LogP contribution in [0.5, 0.6) is 0 Å². The van der Waals surface area contributed by atoms with Gasteiger partial charge >= 0.3 is 0 Å². The Hall–Kier alpha value is -1.76. The molecule has 0 aromatic heterocycles. The zero-order valence-electron chi connectivity index (χ0n) is 11.5. The Morgan fingerprint density at radius 3 is 2.53 bits per heavy atom. The van der Waals surface area contributed by atoms with Crippen LogP contribution in [0.25, 0.3) is 0 Å². The van der Waals surface area contributed by atoms with E-state index in [0.717, 1.165) is 0 Å². The summed E-state index contributed by atoms with van der Waals surface area (Å²) in [6.45, 7) is 2.26. The molecule has 0 bridgehead atoms. The van der Waals surface area contributed by atoms with Crippen LogP contribution in [-0.2, 0) is 0 Å². The Balaban J connectivity index is 1.98. The molecule has 98 valence electrons. The molecule has 0 unspecified atom stereocenters. The average molecular weight is 251 g/mol. The fourth-order valence-corrected chi connectivity index (χ4v) is 3.16. The zero-order chi connectivity index (χ0) is 13.1. The normalized spacial score (nSPS) is 21.5. The molecular weight excluding hydrogens is 230 g/mol. The molecule has 1 nitrogen and oxygen atoms in total. The van der Waals surface area contributed by atoms with E-state index in [1.165, 1.54) is 36.1 Å². The molecule has 1 aliphatic rings. The predicted octanol–water partition coefficient (Wildman–Crippen LogP) is 4.80. The van der Waals surface area contributed by atoms with E-state index in [4.69, 9.17) is 0 Å². The lowest BCUT2D eigenvalue weighted by Gasteiger charge is -2.33. The first kappa shape index (κ1) is 12.3. The van der Waals surface area contributed by atoms with Gasteiger partial charge in [-0.2, -0.15) is 0 Å². The Morgan fingerprint density at radius 1 is 1.00 bits per heavy atom. The highest BCUT2D eigenvalue weighted by Crippen LogP contribution is 2.39. The van der Waals surface area contributed by atoms with E-state index in [1.54, 1.807) is 0 Å². The second-order valence-corrected chi connectivity index (χ2v) is 5.42. The largest absolute Gasteiger partial charge is 0.382 e. The van der Waals surface area contributed by atoms with Gasteiger partial charge in [0.1, 0.15) is 0 Å². The van der Waals surface area contributed by atoms with Gasteiger partial charge in [-0.05, 0) is 30.0 Å². The molecule has 0 spiro atoms. The van der Waals surface area contributed by atoms with Crippen LogP contribution in [0.1, 0.15) is 43.2 Å². The first-order valence-corrected chi connectivity index (χ1v) is 7.29. The fraction of sp³-hybridized carbons (Fsp3) is 0.333. The summed E-state index contributed by atoms with van der Waals surface area (Å²) in [5.41, 5.74) is 4.21. The van der Waals surface area contributed by atoms with Gasteiger partial charge in [-0.25, -0.2) is 0 Å². The van der Waals surface area contributed by atoms with E-state index in [0.29, 0.717) is 12.0 Å². The van der Waals surface area contributed by atoms with Crippen molar-refractivity contribution < 1.29 is 0 Å². The average Bonchev–Trinajstić information content (AvgIpc) is 2.48. The number of nitrogens with one attached hydrogen (secondary N) is 1. The van der Waals surface area contributed by atoms with Crippen molar-refractivity contribution in [2.75, 3.05) is 5.32 Å². The van der Waals surface area contributed by atoms with Crippen molar-refractivity contribution in [1.82, 2.24) is 0 Å². The van der Waals surface area contributed by atoms with Crippen molar-refractivity contribution >= 4 is 5.69 Å². The van der Waals surface area contributed by atoms with Crippen LogP contribution < -0.4 is 5.32 Å². The highest BCUT2D eigenvalue weighted by atomic mass is 14.9. The van der Waals surface area contributed by atoms with E-state index >= 15 is 0 Å². The molecule has 0 aliphatic carbocycles. The monoisotopic (exact) mass is 251 g/mol. The molecule has 2 aromatic rings. The number of benzene rings is 2. The van der Waals surface area contributed by atoms with Gasteiger partial charge in [-0.3, -0.25) is 0 Å². The van der Waals surface area contributed by atoms with Crippen LogP contribution in [0.2, 0.25) is 0 Å². The lowest BCUT2D eigenvalue weighted by Crippen LogP contribution is -2.28. The van der Waals surface area contributed by atoms with Gasteiger partial charge in [0.25, 0.3) is 0 Å². The van der Waals surface area contributed by atoms with Crippen molar-refractivity contribution in [3.8, 4) is 0 Å². The summed E-state index contributed by atoms with van der Waals surface area (Å²) < 4.78 is 0. The van der Waals surface area contributed by atoms with Gasteiger partial charge in [0.05, 0.1) is 0 Å². The lowest BCUT2D eigenvalue weighted by molar-refractivity contribution is 0.540. The number of fused-ring (bicyclic) bond motifs is 1. The molecule has 3 rings (SSSR count). The van der Waals surface area contributed by atoms with Crippen molar-refractivity contribution in [3.63, 3.8) is 0 Å². The summed E-state index contributed by atoms with van der Waals surface area (Å²) >= 11 is 0. The first-order valence-electron chi connectivity index (χ1n) is 7.29. The van der Waals surface area contributed by atoms with Crippen molar-refractivity contribution in [1.29, 1.82) is 0 Å². The number of rotatable bonds is 3. The molecular formula is C18H21N. The van der Waals surface area contributed by atoms with E-state index < -0.39 is 0 Å². The molecule has 2 aromatic carbocycles. The maximum Gasteiger partial charge on any atom is 0.0381 e. The molecule has 0 saturated carbocycles. The zero-order valence-corrected chi connectivity index (χ0v) is 11.5. The standard InChI is InChI=1S/C18H21N/c1-2-8-15-13-17(14-9-4-3-5-10-14)16-11-6-7-12-18(16)19-15/h3-7,9-12,15,17,19H,2,8,13H2,1H3/t15-,17-/m1/s1. The van der Waals surface area contributed by atoms with E-state index in [-0.39, 0.29) is 0 Å². The van der Waals surface area contributed by atoms with Gasteiger partial charge in [0.15, 0.2) is 0 Å². The first-order chi connectivity index (χ1) is 9.38. The van der Waals surface area contributed by atoms with E-state index in [1.807, 2.05) is 0 Å². The molecule has 19 heavy (non-hydrogen) atoms. The molecule has 2 atom stereocenters. The summed E-state index contributed by atoms with van der Waals surface area (Å²) in [4.78, 5) is 0. The maximum absolute atomic E-state index is 3.70.